The zero-order chi connectivity index (χ0) is 35.4. The molecular formula is C40H60FN7O3. The van der Waals surface area contributed by atoms with E-state index in [-0.39, 0.29) is 23.9 Å². The molecule has 280 valence electrons. The van der Waals surface area contributed by atoms with Gasteiger partial charge in [0.15, 0.2) is 0 Å². The number of aliphatic hydroxyl groups excluding tert-OH is 1. The maximum absolute atomic E-state index is 13.2. The largest absolute Gasteiger partial charge is 0.457 e. The lowest BCUT2D eigenvalue weighted by Crippen LogP contribution is -2.47. The lowest BCUT2D eigenvalue weighted by atomic mass is 10.0. The Hall–Kier alpha value is -3.06. The van der Waals surface area contributed by atoms with E-state index in [2.05, 4.69) is 29.9 Å². The number of nitrogens with two attached hydrogens (primary N) is 1. The minimum Gasteiger partial charge on any atom is -0.457 e. The summed E-state index contributed by atoms with van der Waals surface area (Å²) < 4.78 is 19.1. The van der Waals surface area contributed by atoms with Crippen molar-refractivity contribution in [2.75, 3.05) is 78.5 Å². The molecule has 0 unspecified atom stereocenters. The van der Waals surface area contributed by atoms with Gasteiger partial charge in [0, 0.05) is 75.3 Å². The minimum atomic E-state index is -0.315. The molecular weight excluding hydrogens is 645 g/mol. The highest BCUT2D eigenvalue weighted by atomic mass is 19.1. The van der Waals surface area contributed by atoms with Gasteiger partial charge < -0.3 is 45.5 Å². The third-order valence-corrected chi connectivity index (χ3v) is 11.2. The average Bonchev–Trinajstić information content (AvgIpc) is 3.43. The Morgan fingerprint density at radius 2 is 1.31 bits per heavy atom. The number of aromatic amines is 1. The lowest BCUT2D eigenvalue weighted by molar-refractivity contribution is 0.0729. The van der Waals surface area contributed by atoms with Crippen LogP contribution in [0, 0.1) is 5.82 Å². The summed E-state index contributed by atoms with van der Waals surface area (Å²) in [5.41, 5.74) is 7.24. The number of hydrogen-bond acceptors (Lipinski definition) is 8. The van der Waals surface area contributed by atoms with Crippen LogP contribution in [-0.2, 0) is 0 Å². The van der Waals surface area contributed by atoms with Gasteiger partial charge in [-0.15, -0.1) is 0 Å². The van der Waals surface area contributed by atoms with Crippen LogP contribution in [0.1, 0.15) is 74.7 Å². The van der Waals surface area contributed by atoms with Crippen molar-refractivity contribution in [2.24, 2.45) is 5.73 Å². The molecule has 0 radical (unpaired) electrons. The van der Waals surface area contributed by atoms with Gasteiger partial charge in [-0.05, 0) is 120 Å². The van der Waals surface area contributed by atoms with Crippen molar-refractivity contribution in [1.29, 1.82) is 0 Å². The predicted molar refractivity (Wildman–Crippen MR) is 202 cm³/mol. The number of aliphatic hydroxyl groups is 1. The van der Waals surface area contributed by atoms with Gasteiger partial charge in [0.05, 0.1) is 6.10 Å². The molecule has 4 fully saturated rings. The first-order chi connectivity index (χ1) is 24.9. The third kappa shape index (κ3) is 11.7. The number of rotatable bonds is 10. The lowest BCUT2D eigenvalue weighted by Gasteiger charge is -2.35. The van der Waals surface area contributed by atoms with Gasteiger partial charge in [-0.2, -0.15) is 0 Å². The number of halogens is 1. The number of fused-ring (bicyclic) bond motifs is 1. The summed E-state index contributed by atoms with van der Waals surface area (Å²) in [6, 6.07) is 13.9. The molecule has 11 heteroatoms. The monoisotopic (exact) mass is 705 g/mol. The van der Waals surface area contributed by atoms with Crippen LogP contribution in [0.4, 0.5) is 4.39 Å². The Bertz CT molecular complexity index is 1470. The molecule has 0 atom stereocenters. The molecule has 7 rings (SSSR count). The van der Waals surface area contributed by atoms with E-state index in [1.165, 1.54) is 89.9 Å². The Kier molecular flexibility index (Phi) is 14.1. The van der Waals surface area contributed by atoms with Crippen LogP contribution < -0.4 is 15.8 Å². The first-order valence-electron chi connectivity index (χ1n) is 19.6. The first-order valence-corrected chi connectivity index (χ1v) is 19.6. The Balaban J connectivity index is 0.000000234. The van der Waals surface area contributed by atoms with Gasteiger partial charge in [0.1, 0.15) is 23.0 Å². The number of aromatic nitrogens is 1. The number of H-pyrrole nitrogens is 1. The van der Waals surface area contributed by atoms with Crippen molar-refractivity contribution in [3.8, 4) is 11.5 Å². The predicted octanol–water partition coefficient (Wildman–Crippen LogP) is 5.04. The highest BCUT2D eigenvalue weighted by Gasteiger charge is 2.24. The van der Waals surface area contributed by atoms with Gasteiger partial charge in [-0.25, -0.2) is 4.39 Å². The van der Waals surface area contributed by atoms with Gasteiger partial charge in [0.25, 0.3) is 5.91 Å². The number of ether oxygens (including phenoxy) is 1. The van der Waals surface area contributed by atoms with E-state index in [1.807, 2.05) is 24.3 Å². The fourth-order valence-corrected chi connectivity index (χ4v) is 7.78. The van der Waals surface area contributed by atoms with Crippen molar-refractivity contribution in [3.05, 3.63) is 60.0 Å². The Morgan fingerprint density at radius 1 is 0.765 bits per heavy atom. The second kappa shape index (κ2) is 19.1. The van der Waals surface area contributed by atoms with Gasteiger partial charge >= 0.3 is 0 Å². The first kappa shape index (κ1) is 37.7. The quantitative estimate of drug-likeness (QED) is 0.232. The van der Waals surface area contributed by atoms with E-state index in [4.69, 9.17) is 10.5 Å². The fourth-order valence-electron chi connectivity index (χ4n) is 7.78. The van der Waals surface area contributed by atoms with Crippen LogP contribution in [-0.4, -0.2) is 132 Å². The summed E-state index contributed by atoms with van der Waals surface area (Å²) in [7, 11) is 0. The van der Waals surface area contributed by atoms with Gasteiger partial charge in [0.2, 0.25) is 0 Å². The van der Waals surface area contributed by atoms with Crippen LogP contribution in [0.15, 0.2) is 48.5 Å². The molecule has 0 aliphatic carbocycles. The molecule has 1 amide bonds. The summed E-state index contributed by atoms with van der Waals surface area (Å²) in [5, 5.41) is 13.7. The number of hydrogen-bond donors (Lipinski definition) is 4. The van der Waals surface area contributed by atoms with E-state index in [9.17, 15) is 14.3 Å². The number of piperidine rings is 3. The summed E-state index contributed by atoms with van der Waals surface area (Å²) in [4.78, 5) is 26.3. The van der Waals surface area contributed by atoms with Gasteiger partial charge in [-0.3, -0.25) is 4.79 Å². The van der Waals surface area contributed by atoms with Gasteiger partial charge in [-0.1, -0.05) is 18.9 Å². The smallest absolute Gasteiger partial charge is 0.267 e. The average molecular weight is 706 g/mol. The molecule has 3 aromatic rings. The second-order valence-electron chi connectivity index (χ2n) is 15.1. The highest BCUT2D eigenvalue weighted by Crippen LogP contribution is 2.31. The molecule has 2 aromatic carbocycles. The molecule has 5 heterocycles. The SMILES string of the molecule is NC1CCN(CCN2CCCCCC2)CC1.O=C(NC1CCN(CCN2CCC(O)CC2)CC1)c1cc2c(Oc3ccc(F)cc3)cccc2[nH]1. The molecule has 5 N–H and O–H groups in total. The topological polar surface area (TPSA) is 113 Å². The maximum atomic E-state index is 13.2. The number of amides is 1. The van der Waals surface area contributed by atoms with Crippen molar-refractivity contribution < 1.29 is 19.0 Å². The van der Waals surface area contributed by atoms with Crippen LogP contribution in [0.3, 0.4) is 0 Å². The van der Waals surface area contributed by atoms with E-state index >= 15 is 0 Å². The number of benzene rings is 2. The van der Waals surface area contributed by atoms with Crippen LogP contribution in [0.5, 0.6) is 11.5 Å². The summed E-state index contributed by atoms with van der Waals surface area (Å²) in [5.74, 6) is 0.723. The highest BCUT2D eigenvalue weighted by molar-refractivity contribution is 5.99. The number of carbonyl (C=O) groups is 1. The maximum Gasteiger partial charge on any atom is 0.267 e. The fraction of sp³-hybridized carbons (Fsp3) is 0.625. The van der Waals surface area contributed by atoms with Crippen LogP contribution >= 0.6 is 0 Å². The second-order valence-corrected chi connectivity index (χ2v) is 15.1. The van der Waals surface area contributed by atoms with E-state index in [0.29, 0.717) is 23.2 Å². The zero-order valence-corrected chi connectivity index (χ0v) is 30.4. The Morgan fingerprint density at radius 3 is 1.92 bits per heavy atom. The number of nitrogens with one attached hydrogen (secondary N) is 2. The number of likely N-dealkylation sites (tertiary alicyclic amines) is 4. The number of nitrogens with zero attached hydrogens (tertiary/aromatic N) is 4. The molecule has 0 bridgehead atoms. The van der Waals surface area contributed by atoms with E-state index < -0.39 is 0 Å². The molecule has 1 aromatic heterocycles. The van der Waals surface area contributed by atoms with Crippen molar-refractivity contribution in [1.82, 2.24) is 29.9 Å². The molecule has 0 saturated carbocycles. The van der Waals surface area contributed by atoms with E-state index in [1.54, 1.807) is 12.1 Å². The van der Waals surface area contributed by atoms with Crippen molar-refractivity contribution in [3.63, 3.8) is 0 Å². The zero-order valence-electron chi connectivity index (χ0n) is 30.4. The van der Waals surface area contributed by atoms with Crippen molar-refractivity contribution in [2.45, 2.75) is 82.4 Å². The summed E-state index contributed by atoms with van der Waals surface area (Å²) >= 11 is 0. The molecule has 0 spiro atoms. The normalized spacial score (nSPS) is 21.2. The third-order valence-electron chi connectivity index (χ3n) is 11.2. The van der Waals surface area contributed by atoms with Crippen LogP contribution in [0.25, 0.3) is 10.9 Å². The molecule has 10 nitrogen and oxygen atoms in total. The van der Waals surface area contributed by atoms with Crippen molar-refractivity contribution >= 4 is 16.8 Å². The van der Waals surface area contributed by atoms with Crippen LogP contribution in [0.2, 0.25) is 0 Å². The summed E-state index contributed by atoms with van der Waals surface area (Å²) in [6.07, 6.45) is 11.6. The summed E-state index contributed by atoms with van der Waals surface area (Å²) in [6.45, 7) is 13.6. The molecule has 51 heavy (non-hydrogen) atoms. The number of carbonyl (C=O) groups excluding carboxylic acids is 1. The minimum absolute atomic E-state index is 0.112. The standard InChI is InChI=1S/C27H33FN4O3.C13H27N3/c28-19-4-6-22(7-5-19)35-26-3-1-2-24-23(26)18-25(30-24)27(34)29-20-8-12-31(13-9-20)16-17-32-14-10-21(33)11-15-32;14-13-5-9-16(10-6-13)12-11-15-7-3-1-2-4-8-15/h1-7,18,20-21,30,33H,8-17H2,(H,29,34);13H,1-12,14H2. The molecule has 4 aliphatic heterocycles. The van der Waals surface area contributed by atoms with E-state index in [0.717, 1.165) is 75.9 Å². The molecule has 4 saturated heterocycles. The Labute approximate surface area is 303 Å². The molecule has 4 aliphatic rings.